The summed E-state index contributed by atoms with van der Waals surface area (Å²) in [6.07, 6.45) is 1.83. The molecule has 0 N–H and O–H groups in total. The second-order valence-electron chi connectivity index (χ2n) is 10.5. The lowest BCUT2D eigenvalue weighted by molar-refractivity contribution is -0.140. The number of esters is 1. The quantitative estimate of drug-likeness (QED) is 0.167. The van der Waals surface area contributed by atoms with Gasteiger partial charge < -0.3 is 14.2 Å². The highest BCUT2D eigenvalue weighted by Gasteiger charge is 2.33. The van der Waals surface area contributed by atoms with Crippen molar-refractivity contribution in [2.45, 2.75) is 39.3 Å². The third-order valence-electron chi connectivity index (χ3n) is 7.21. The first-order valence-corrected chi connectivity index (χ1v) is 15.2. The predicted molar refractivity (Wildman–Crippen MR) is 169 cm³/mol. The maximum atomic E-state index is 13.9. The number of hydrogen-bond acceptors (Lipinski definition) is 7. The largest absolute Gasteiger partial charge is 0.489 e. The Labute approximate surface area is 259 Å². The summed E-state index contributed by atoms with van der Waals surface area (Å²) in [5.41, 5.74) is 4.35. The number of carbonyl (C=O) groups excluding carboxylic acids is 1. The molecule has 9 heteroatoms. The first-order chi connectivity index (χ1) is 20.8. The molecule has 1 unspecified atom stereocenters. The molecule has 3 aromatic carbocycles. The van der Waals surface area contributed by atoms with Crippen molar-refractivity contribution in [3.8, 4) is 5.75 Å². The summed E-state index contributed by atoms with van der Waals surface area (Å²) in [4.78, 5) is 32.4. The van der Waals surface area contributed by atoms with Crippen molar-refractivity contribution in [3.63, 3.8) is 0 Å². The molecule has 43 heavy (non-hydrogen) atoms. The van der Waals surface area contributed by atoms with E-state index >= 15 is 0 Å². The highest BCUT2D eigenvalue weighted by atomic mass is 35.5. The average molecular weight is 617 g/mol. The van der Waals surface area contributed by atoms with E-state index < -0.39 is 12.0 Å². The van der Waals surface area contributed by atoms with E-state index in [2.05, 4.69) is 18.8 Å². The molecule has 1 aromatic heterocycles. The molecule has 0 radical (unpaired) electrons. The van der Waals surface area contributed by atoms with Gasteiger partial charge in [-0.3, -0.25) is 9.36 Å². The van der Waals surface area contributed by atoms with Crippen LogP contribution in [-0.2, 0) is 20.9 Å². The van der Waals surface area contributed by atoms with E-state index in [4.69, 9.17) is 25.8 Å². The number of ether oxygens (including phenoxy) is 3. The third-order valence-corrected chi connectivity index (χ3v) is 8.56. The smallest absolute Gasteiger partial charge is 0.338 e. The van der Waals surface area contributed by atoms with Crippen molar-refractivity contribution in [2.24, 2.45) is 4.99 Å². The summed E-state index contributed by atoms with van der Waals surface area (Å²) >= 11 is 7.53. The van der Waals surface area contributed by atoms with Crippen LogP contribution in [0.5, 0.6) is 5.75 Å². The number of fused-ring (bicyclic) bond motifs is 1. The molecule has 0 saturated carbocycles. The minimum atomic E-state index is -0.671. The normalized spacial score (nSPS) is 14.9. The number of aromatic nitrogens is 1. The monoisotopic (exact) mass is 616 g/mol. The number of nitrogens with zero attached hydrogens (tertiary/aromatic N) is 2. The molecular weight excluding hydrogens is 584 g/mol. The van der Waals surface area contributed by atoms with Crippen molar-refractivity contribution in [1.29, 1.82) is 0 Å². The van der Waals surface area contributed by atoms with E-state index in [-0.39, 0.29) is 18.8 Å². The van der Waals surface area contributed by atoms with Gasteiger partial charge in [-0.05, 0) is 53.8 Å². The minimum absolute atomic E-state index is 0.105. The van der Waals surface area contributed by atoms with Crippen molar-refractivity contribution >= 4 is 35.0 Å². The first kappa shape index (κ1) is 30.5. The van der Waals surface area contributed by atoms with E-state index in [1.807, 2.05) is 78.9 Å². The summed E-state index contributed by atoms with van der Waals surface area (Å²) in [6, 6.07) is 22.4. The number of rotatable bonds is 10. The number of methoxy groups -OCH3 is 1. The van der Waals surface area contributed by atoms with E-state index in [1.54, 1.807) is 18.6 Å². The molecule has 1 aliphatic rings. The Morgan fingerprint density at radius 2 is 1.77 bits per heavy atom. The fourth-order valence-corrected chi connectivity index (χ4v) is 6.08. The number of benzene rings is 3. The molecule has 0 saturated heterocycles. The Bertz CT molecular complexity index is 1820. The van der Waals surface area contributed by atoms with Gasteiger partial charge in [-0.15, -0.1) is 0 Å². The highest BCUT2D eigenvalue weighted by Crippen LogP contribution is 2.31. The molecule has 1 aliphatic heterocycles. The van der Waals surface area contributed by atoms with Crippen LogP contribution in [0.2, 0.25) is 5.02 Å². The van der Waals surface area contributed by atoms with Crippen molar-refractivity contribution in [2.75, 3.05) is 20.3 Å². The van der Waals surface area contributed by atoms with Gasteiger partial charge in [0.2, 0.25) is 0 Å². The number of thiazole rings is 1. The summed E-state index contributed by atoms with van der Waals surface area (Å²) in [7, 11) is 1.55. The van der Waals surface area contributed by atoms with E-state index in [0.29, 0.717) is 43.9 Å². The van der Waals surface area contributed by atoms with Crippen LogP contribution in [0.3, 0.4) is 0 Å². The Hall–Kier alpha value is -3.98. The van der Waals surface area contributed by atoms with Gasteiger partial charge in [0.25, 0.3) is 5.56 Å². The molecule has 2 heterocycles. The van der Waals surface area contributed by atoms with Gasteiger partial charge >= 0.3 is 5.97 Å². The topological polar surface area (TPSA) is 79.1 Å². The van der Waals surface area contributed by atoms with E-state index in [0.717, 1.165) is 16.7 Å². The van der Waals surface area contributed by atoms with Gasteiger partial charge in [0, 0.05) is 17.7 Å². The molecule has 0 spiro atoms. The Balaban J connectivity index is 1.49. The van der Waals surface area contributed by atoms with Crippen LogP contribution in [-0.4, -0.2) is 30.9 Å². The molecule has 0 aliphatic carbocycles. The van der Waals surface area contributed by atoms with Crippen LogP contribution in [0.4, 0.5) is 0 Å². The van der Waals surface area contributed by atoms with Crippen molar-refractivity contribution < 1.29 is 19.0 Å². The van der Waals surface area contributed by atoms with Gasteiger partial charge in [-0.25, -0.2) is 9.79 Å². The van der Waals surface area contributed by atoms with E-state index in [9.17, 15) is 9.59 Å². The van der Waals surface area contributed by atoms with Gasteiger partial charge in [0.15, 0.2) is 4.80 Å². The van der Waals surface area contributed by atoms with Crippen LogP contribution in [0.1, 0.15) is 55.0 Å². The molecule has 5 rings (SSSR count). The number of allylic oxidation sites excluding steroid dienone is 1. The third kappa shape index (κ3) is 6.82. The van der Waals surface area contributed by atoms with Gasteiger partial charge in [0.1, 0.15) is 19.0 Å². The molecule has 0 amide bonds. The lowest BCUT2D eigenvalue weighted by Gasteiger charge is -2.25. The number of halogens is 1. The molecule has 7 nitrogen and oxygen atoms in total. The Kier molecular flexibility index (Phi) is 9.60. The fraction of sp³-hybridized carbons (Fsp3) is 0.265. The number of hydrogen-bond donors (Lipinski definition) is 0. The fourth-order valence-electron chi connectivity index (χ4n) is 4.84. The molecule has 4 aromatic rings. The average Bonchev–Trinajstić information content (AvgIpc) is 3.30. The second-order valence-corrected chi connectivity index (χ2v) is 11.9. The van der Waals surface area contributed by atoms with Crippen molar-refractivity contribution in [1.82, 2.24) is 4.57 Å². The SMILES string of the molecule is COCCOC(=O)C1=C(C)N=c2sc(=Cc3ccc(OCc4ccccc4Cl)cc3)c(=O)n2C1c1ccc(C(C)C)cc1. The number of carbonyl (C=O) groups is 1. The first-order valence-electron chi connectivity index (χ1n) is 14.0. The summed E-state index contributed by atoms with van der Waals surface area (Å²) in [5, 5.41) is 0.658. The standard InChI is InChI=1S/C34H33ClN2O5S/c1-21(2)24-11-13-25(14-12-24)31-30(33(39)41-18-17-40-4)22(3)36-34-37(31)32(38)29(43-34)19-23-9-15-27(16-10-23)42-20-26-7-5-6-8-28(26)35/h5-16,19,21,31H,17-18,20H2,1-4H3. The summed E-state index contributed by atoms with van der Waals surface area (Å²) in [5.74, 6) is 0.522. The highest BCUT2D eigenvalue weighted by molar-refractivity contribution is 7.07. The predicted octanol–water partition coefficient (Wildman–Crippen LogP) is 5.78. The summed E-state index contributed by atoms with van der Waals surface area (Å²) in [6.45, 7) is 6.76. The Morgan fingerprint density at radius 3 is 2.44 bits per heavy atom. The van der Waals surface area contributed by atoms with E-state index in [1.165, 1.54) is 16.9 Å². The lowest BCUT2D eigenvalue weighted by atomic mass is 9.93. The molecule has 0 bridgehead atoms. The maximum Gasteiger partial charge on any atom is 0.338 e. The van der Waals surface area contributed by atoms with Crippen LogP contribution >= 0.6 is 22.9 Å². The van der Waals surface area contributed by atoms with Crippen LogP contribution < -0.4 is 19.6 Å². The maximum absolute atomic E-state index is 13.9. The van der Waals surface area contributed by atoms with Gasteiger partial charge in [0.05, 0.1) is 28.5 Å². The van der Waals surface area contributed by atoms with Gasteiger partial charge in [-0.1, -0.05) is 91.4 Å². The Morgan fingerprint density at radius 1 is 1.05 bits per heavy atom. The van der Waals surface area contributed by atoms with Crippen LogP contribution in [0.25, 0.3) is 6.08 Å². The van der Waals surface area contributed by atoms with Crippen molar-refractivity contribution in [3.05, 3.63) is 131 Å². The second kappa shape index (κ2) is 13.5. The summed E-state index contributed by atoms with van der Waals surface area (Å²) < 4.78 is 18.6. The molecule has 1 atom stereocenters. The zero-order chi connectivity index (χ0) is 30.5. The minimum Gasteiger partial charge on any atom is -0.489 e. The van der Waals surface area contributed by atoms with Crippen LogP contribution in [0.15, 0.2) is 93.9 Å². The van der Waals surface area contributed by atoms with Crippen LogP contribution in [0, 0.1) is 0 Å². The zero-order valence-corrected chi connectivity index (χ0v) is 26.1. The molecule has 0 fully saturated rings. The zero-order valence-electron chi connectivity index (χ0n) is 24.5. The molecular formula is C34H33ClN2O5S. The van der Waals surface area contributed by atoms with Gasteiger partial charge in [-0.2, -0.15) is 0 Å². The lowest BCUT2D eigenvalue weighted by Crippen LogP contribution is -2.40. The molecule has 222 valence electrons.